The molecule has 8 heterocycles. The molecule has 4 saturated carbocycles. The molecule has 12 aromatic rings. The molecule has 4 amide bonds. The maximum absolute atomic E-state index is 12.6. The van der Waals surface area contributed by atoms with E-state index in [0.29, 0.717) is 23.3 Å². The van der Waals surface area contributed by atoms with Crippen LogP contribution in [0.4, 0.5) is 41.9 Å². The second-order valence-electron chi connectivity index (χ2n) is 39.8. The first-order valence-corrected chi connectivity index (χ1v) is 54.2. The lowest BCUT2D eigenvalue weighted by Gasteiger charge is -2.34. The summed E-state index contributed by atoms with van der Waals surface area (Å²) in [5.41, 5.74) is 17.5. The van der Waals surface area contributed by atoms with Gasteiger partial charge in [0.05, 0.1) is 95.3 Å². The van der Waals surface area contributed by atoms with Gasteiger partial charge in [0.2, 0.25) is 0 Å². The van der Waals surface area contributed by atoms with E-state index in [2.05, 4.69) is 18.3 Å². The minimum atomic E-state index is -0.892. The monoisotopic (exact) mass is 2020 g/mol. The molecule has 4 aliphatic carbocycles. The maximum Gasteiger partial charge on any atom is 0.414 e. The summed E-state index contributed by atoms with van der Waals surface area (Å²) >= 11 is 0. The first-order valence-electron chi connectivity index (χ1n) is 54.2. The molecular weight excluding hydrogens is 1870 g/mol. The number of ketones is 4. The van der Waals surface area contributed by atoms with E-state index in [1.165, 1.54) is 28.4 Å². The molecule has 8 aromatic carbocycles. The van der Waals surface area contributed by atoms with Gasteiger partial charge in [-0.25, -0.2) is 39.1 Å². The van der Waals surface area contributed by atoms with Gasteiger partial charge >= 0.3 is 24.4 Å². The van der Waals surface area contributed by atoms with Crippen molar-refractivity contribution in [3.8, 4) is 0 Å². The zero-order valence-electron chi connectivity index (χ0n) is 90.4. The van der Waals surface area contributed by atoms with Gasteiger partial charge in [0.25, 0.3) is 0 Å². The summed E-state index contributed by atoms with van der Waals surface area (Å²) in [6, 6.07) is 54.6. The number of aryl methyl sites for hydroxylation is 4. The molecular formula is C120H156N12O16. The summed E-state index contributed by atoms with van der Waals surface area (Å²) in [7, 11) is 5.61. The first-order chi connectivity index (χ1) is 71.6. The van der Waals surface area contributed by atoms with Crippen LogP contribution in [0.2, 0.25) is 0 Å². The highest BCUT2D eigenvalue weighted by Gasteiger charge is 2.43. The number of fused-ring (bicyclic) bond motifs is 12. The summed E-state index contributed by atoms with van der Waals surface area (Å²) in [4.78, 5) is 126. The Balaban J connectivity index is 0.000000161. The second kappa shape index (κ2) is 51.4. The summed E-state index contributed by atoms with van der Waals surface area (Å²) in [5.74, 6) is 3.40. The minimum absolute atomic E-state index is 0.0264. The fourth-order valence-corrected chi connectivity index (χ4v) is 23.7. The van der Waals surface area contributed by atoms with Crippen molar-refractivity contribution in [1.82, 2.24) is 38.2 Å². The third kappa shape index (κ3) is 23.4. The SMILES string of the molecule is CC.CC.CC.CC.COC(=O)N1c2ccc3c(nc([C@@H](O)c4ccccc4)n3[C@@H]3CCC[C@@H](C(C)=O)C3)c2CC[C@@H]1C.COC(=O)N1c2ccc3c(nc([C@@H](O)c4ccccc4)n3[C@@H]3CCC[C@H](C(C)=O)C3)c2CC[C@@H]1C.COC(=O)N1c2ccc3c(nc([C@H](O)c4ccccc4)n3[C@@H]3CCC[C@@H](C(C)=O)C3)c2CC[C@@H]1C.COC(=O)N1c2ccc3c(nc([C@H](O)c4ccccc4)n3[C@H]3CCC[C@H](C(C)=O)C3)c2CC[C@@H]1C. The lowest BCUT2D eigenvalue weighted by atomic mass is 9.83. The van der Waals surface area contributed by atoms with E-state index in [1.54, 1.807) is 47.3 Å². The number of benzene rings is 8. The number of rotatable bonds is 16. The second-order valence-corrected chi connectivity index (χ2v) is 39.8. The molecule has 0 radical (unpaired) electrons. The lowest BCUT2D eigenvalue weighted by molar-refractivity contribution is -0.122. The Hall–Kier alpha value is -12.8. The number of hydrogen-bond donors (Lipinski definition) is 4. The number of Topliss-reactive ketones (excluding diaryl/α,β-unsaturated/α-hetero) is 4. The molecule has 4 aromatic heterocycles. The predicted molar refractivity (Wildman–Crippen MR) is 584 cm³/mol. The quantitative estimate of drug-likeness (QED) is 0.0653. The van der Waals surface area contributed by atoms with Crippen molar-refractivity contribution in [1.29, 1.82) is 0 Å². The Kier molecular flexibility index (Phi) is 39.1. The molecule has 8 aliphatic rings. The molecule has 0 unspecified atom stereocenters. The molecule has 0 saturated heterocycles. The normalized spacial score (nSPS) is 22.0. The van der Waals surface area contributed by atoms with Crippen LogP contribution in [0.1, 0.15) is 356 Å². The van der Waals surface area contributed by atoms with Crippen LogP contribution >= 0.6 is 0 Å². The largest absolute Gasteiger partial charge is 0.452 e. The van der Waals surface area contributed by atoms with Gasteiger partial charge in [-0.1, -0.05) is 202 Å². The van der Waals surface area contributed by atoms with Crippen LogP contribution < -0.4 is 19.6 Å². The topological polar surface area (TPSA) is 339 Å². The highest BCUT2D eigenvalue weighted by Crippen LogP contribution is 2.50. The number of ether oxygens (including phenoxy) is 4. The number of aromatic nitrogens is 8. The molecule has 16 atom stereocenters. The number of methoxy groups -OCH3 is 4. The Bertz CT molecular complexity index is 5790. The fraction of sp³-hybridized carbons (Fsp3) is 0.500. The van der Waals surface area contributed by atoms with Crippen molar-refractivity contribution in [2.24, 2.45) is 23.7 Å². The number of carbonyl (C=O) groups is 8. The van der Waals surface area contributed by atoms with Crippen LogP contribution in [0.3, 0.4) is 0 Å². The van der Waals surface area contributed by atoms with E-state index < -0.39 is 24.4 Å². The van der Waals surface area contributed by atoms with Gasteiger partial charge in [-0.2, -0.15) is 0 Å². The number of anilines is 4. The number of nitrogens with zero attached hydrogens (tertiary/aromatic N) is 12. The molecule has 0 bridgehead atoms. The van der Waals surface area contributed by atoms with Crippen LogP contribution in [-0.4, -0.2) is 159 Å². The van der Waals surface area contributed by atoms with Crippen molar-refractivity contribution in [3.63, 3.8) is 0 Å². The Labute approximate surface area is 872 Å². The van der Waals surface area contributed by atoms with E-state index in [9.17, 15) is 58.8 Å². The van der Waals surface area contributed by atoms with Crippen molar-refractivity contribution in [3.05, 3.63) is 238 Å². The average molecular weight is 2020 g/mol. The van der Waals surface area contributed by atoms with Gasteiger partial charge in [-0.05, 0) is 255 Å². The van der Waals surface area contributed by atoms with Crippen LogP contribution in [0.25, 0.3) is 44.1 Å². The standard InChI is InChI=1S/4C28H33N3O4.4C2H6/c4*1-17-12-13-22-23(30(17)28(34)35-3)14-15-24-25(22)29-27(26(33)19-8-5-4-6-9-19)31(24)21-11-7-10-20(16-21)18(2)32;4*1-2/h4*4-6,8-9,14-15,17,20-21,26,33H,7,10-13,16H2,1-3H3;4*1-2H3/t17-,20+,21+,26+;17-,20+,21+,26-;17-,20-,21+,26-;17-,20-,21-,26+;;;;/m0000..../s1. The maximum atomic E-state index is 12.6. The predicted octanol–water partition coefficient (Wildman–Crippen LogP) is 25.5. The summed E-state index contributed by atoms with van der Waals surface area (Å²) < 4.78 is 29.0. The van der Waals surface area contributed by atoms with Gasteiger partial charge in [-0.3, -0.25) is 38.8 Å². The van der Waals surface area contributed by atoms with E-state index in [1.807, 2.05) is 253 Å². The molecule has 28 heteroatoms. The van der Waals surface area contributed by atoms with E-state index in [4.69, 9.17) is 38.9 Å². The van der Waals surface area contributed by atoms with Gasteiger partial charge < -0.3 is 57.6 Å². The summed E-state index contributed by atoms with van der Waals surface area (Å²) in [6.07, 6.45) is 15.6. The average Bonchev–Trinajstić information content (AvgIpc) is 1.59. The summed E-state index contributed by atoms with van der Waals surface area (Å²) in [6.45, 7) is 30.8. The first kappa shape index (κ1) is 112. The van der Waals surface area contributed by atoms with Crippen LogP contribution in [-0.2, 0) is 63.8 Å². The lowest BCUT2D eigenvalue weighted by Crippen LogP contribution is -2.42. The van der Waals surface area contributed by atoms with E-state index >= 15 is 0 Å². The Morgan fingerprint density at radius 1 is 0.270 bits per heavy atom. The van der Waals surface area contributed by atoms with Gasteiger partial charge in [0.1, 0.15) is 70.8 Å². The number of aliphatic hydroxyl groups excluding tert-OH is 4. The van der Waals surface area contributed by atoms with Crippen LogP contribution in [0.5, 0.6) is 0 Å². The van der Waals surface area contributed by atoms with E-state index in [0.717, 1.165) is 265 Å². The van der Waals surface area contributed by atoms with Gasteiger partial charge in [0.15, 0.2) is 0 Å². The third-order valence-corrected chi connectivity index (χ3v) is 31.2. The zero-order chi connectivity index (χ0) is 107. The highest BCUT2D eigenvalue weighted by molar-refractivity contribution is 6.00. The highest BCUT2D eigenvalue weighted by atomic mass is 16.6. The van der Waals surface area contributed by atoms with E-state index in [-0.39, 0.29) is 120 Å². The number of hydrogen-bond acceptors (Lipinski definition) is 20. The van der Waals surface area contributed by atoms with Crippen molar-refractivity contribution in [2.45, 2.75) is 338 Å². The molecule has 148 heavy (non-hydrogen) atoms. The fourth-order valence-electron chi connectivity index (χ4n) is 23.7. The number of aliphatic hydroxyl groups is 4. The van der Waals surface area contributed by atoms with Gasteiger partial charge in [-0.15, -0.1) is 0 Å². The number of carbonyl (C=O) groups excluding carboxylic acids is 8. The van der Waals surface area contributed by atoms with Gasteiger partial charge in [0, 0.05) is 94.3 Å². The number of imidazole rings is 4. The molecule has 4 N–H and O–H groups in total. The smallest absolute Gasteiger partial charge is 0.414 e. The minimum Gasteiger partial charge on any atom is -0.452 e. The molecule has 4 fully saturated rings. The Morgan fingerprint density at radius 2 is 0.453 bits per heavy atom. The molecule has 4 aliphatic heterocycles. The van der Waals surface area contributed by atoms with Crippen LogP contribution in [0.15, 0.2) is 170 Å². The zero-order valence-corrected chi connectivity index (χ0v) is 90.4. The number of amides is 4. The molecule has 28 nitrogen and oxygen atoms in total. The van der Waals surface area contributed by atoms with Crippen molar-refractivity contribution in [2.75, 3.05) is 48.0 Å². The van der Waals surface area contributed by atoms with Crippen molar-refractivity contribution >= 4 is 114 Å². The molecule has 20 rings (SSSR count). The summed E-state index contributed by atoms with van der Waals surface area (Å²) in [5, 5.41) is 45.9. The molecule has 792 valence electrons. The van der Waals surface area contributed by atoms with Crippen molar-refractivity contribution < 1.29 is 77.7 Å². The Morgan fingerprint density at radius 3 is 0.622 bits per heavy atom. The van der Waals surface area contributed by atoms with Crippen LogP contribution in [0, 0.1) is 23.7 Å². The molecule has 0 spiro atoms. The third-order valence-electron chi connectivity index (χ3n) is 31.2.